The van der Waals surface area contributed by atoms with Gasteiger partial charge in [-0.2, -0.15) is 0 Å². The number of carbonyl (C=O) groups is 2. The Labute approximate surface area is 171 Å². The second-order valence-corrected chi connectivity index (χ2v) is 9.70. The quantitative estimate of drug-likeness (QED) is 0.579. The molecular weight excluding hydrogens is 364 g/mol. The fourth-order valence-electron chi connectivity index (χ4n) is 5.57. The predicted octanol–water partition coefficient (Wildman–Crippen LogP) is 5.69. The van der Waals surface area contributed by atoms with Crippen molar-refractivity contribution in [1.82, 2.24) is 0 Å². The summed E-state index contributed by atoms with van der Waals surface area (Å²) in [6.45, 7) is 0. The highest BCUT2D eigenvalue weighted by atomic mass is 32.2. The number of ketones is 2. The zero-order valence-electron chi connectivity index (χ0n) is 16.1. The van der Waals surface area contributed by atoms with Crippen LogP contribution < -0.4 is 0 Å². The van der Waals surface area contributed by atoms with Gasteiger partial charge < -0.3 is 0 Å². The van der Waals surface area contributed by atoms with Crippen LogP contribution in [-0.4, -0.2) is 16.8 Å². The van der Waals surface area contributed by atoms with Gasteiger partial charge in [0.15, 0.2) is 0 Å². The van der Waals surface area contributed by atoms with Crippen molar-refractivity contribution < 1.29 is 9.59 Å². The lowest BCUT2D eigenvalue weighted by Gasteiger charge is -2.24. The van der Waals surface area contributed by atoms with Gasteiger partial charge in [-0.05, 0) is 60.8 Å². The lowest BCUT2D eigenvalue weighted by molar-refractivity contribution is -0.125. The minimum atomic E-state index is 0.237. The van der Waals surface area contributed by atoms with Crippen LogP contribution in [0.15, 0.2) is 53.4 Å². The molecule has 3 heteroatoms. The molecule has 2 aromatic rings. The smallest absolute Gasteiger partial charge is 0.146 e. The fourth-order valence-corrected chi connectivity index (χ4v) is 7.05. The molecule has 0 amide bonds. The standard InChI is InChI=1S/C13H14O.C12H12OS/c14-13-7-3-6-11-10-5-2-1-4-9(10)8-12(11)13;13-10-6-3-5-9-8-4-1-2-7-11(8)14-12(9)10/h1-2,4-5,11-12H,3,6-8H2;1-2,4,7,9,12H,3,5-6H2. The minimum Gasteiger partial charge on any atom is -0.299 e. The van der Waals surface area contributed by atoms with Crippen LogP contribution in [0.5, 0.6) is 0 Å². The molecule has 4 unspecified atom stereocenters. The molecule has 0 saturated heterocycles. The zero-order valence-corrected chi connectivity index (χ0v) is 16.9. The Hall–Kier alpha value is -1.87. The number of hydrogen-bond donors (Lipinski definition) is 0. The van der Waals surface area contributed by atoms with Gasteiger partial charge in [0.05, 0.1) is 5.25 Å². The van der Waals surface area contributed by atoms with Crippen molar-refractivity contribution >= 4 is 23.3 Å². The van der Waals surface area contributed by atoms with Gasteiger partial charge in [0.25, 0.3) is 0 Å². The van der Waals surface area contributed by atoms with Crippen LogP contribution in [0, 0.1) is 5.92 Å². The maximum absolute atomic E-state index is 11.7. The summed E-state index contributed by atoms with van der Waals surface area (Å²) in [5.41, 5.74) is 4.28. The first-order valence-corrected chi connectivity index (χ1v) is 11.5. The Morgan fingerprint density at radius 2 is 1.39 bits per heavy atom. The van der Waals surface area contributed by atoms with Gasteiger partial charge in [-0.1, -0.05) is 42.5 Å². The Bertz CT molecular complexity index is 843. The number of Topliss-reactive ketones (excluding diaryl/α,β-unsaturated/α-hetero) is 2. The molecule has 1 aliphatic heterocycles. The van der Waals surface area contributed by atoms with Crippen molar-refractivity contribution in [1.29, 1.82) is 0 Å². The van der Waals surface area contributed by atoms with Crippen molar-refractivity contribution in [3.05, 3.63) is 65.2 Å². The van der Waals surface area contributed by atoms with Crippen LogP contribution in [0.2, 0.25) is 0 Å². The van der Waals surface area contributed by atoms with E-state index in [0.717, 1.165) is 32.1 Å². The summed E-state index contributed by atoms with van der Waals surface area (Å²) in [5.74, 6) is 2.34. The summed E-state index contributed by atoms with van der Waals surface area (Å²) in [7, 11) is 0. The van der Waals surface area contributed by atoms with Gasteiger partial charge in [-0.15, -0.1) is 11.8 Å². The summed E-state index contributed by atoms with van der Waals surface area (Å²) in [4.78, 5) is 24.8. The van der Waals surface area contributed by atoms with E-state index < -0.39 is 0 Å². The van der Waals surface area contributed by atoms with E-state index in [9.17, 15) is 9.59 Å². The molecule has 3 aliphatic carbocycles. The number of fused-ring (bicyclic) bond motifs is 6. The van der Waals surface area contributed by atoms with Gasteiger partial charge in [-0.3, -0.25) is 9.59 Å². The molecule has 2 saturated carbocycles. The molecule has 0 spiro atoms. The van der Waals surface area contributed by atoms with E-state index in [0.29, 0.717) is 29.3 Å². The normalized spacial score (nSPS) is 29.9. The molecule has 2 aromatic carbocycles. The average Bonchev–Trinajstić information content (AvgIpc) is 3.29. The number of hydrogen-bond acceptors (Lipinski definition) is 3. The highest BCUT2D eigenvalue weighted by Crippen LogP contribution is 2.50. The number of carbonyl (C=O) groups excluding carboxylic acids is 2. The molecule has 0 aromatic heterocycles. The number of rotatable bonds is 0. The Morgan fingerprint density at radius 3 is 2.25 bits per heavy atom. The molecular formula is C25H26O2S. The average molecular weight is 391 g/mol. The highest BCUT2D eigenvalue weighted by molar-refractivity contribution is 8.01. The largest absolute Gasteiger partial charge is 0.299 e. The topological polar surface area (TPSA) is 34.1 Å². The summed E-state index contributed by atoms with van der Waals surface area (Å²) >= 11 is 1.78. The van der Waals surface area contributed by atoms with Crippen LogP contribution in [-0.2, 0) is 16.0 Å². The van der Waals surface area contributed by atoms with Crippen LogP contribution in [0.3, 0.4) is 0 Å². The number of benzene rings is 2. The van der Waals surface area contributed by atoms with Gasteiger partial charge in [-0.25, -0.2) is 0 Å². The van der Waals surface area contributed by atoms with Gasteiger partial charge in [0.2, 0.25) is 0 Å². The molecule has 28 heavy (non-hydrogen) atoms. The van der Waals surface area contributed by atoms with Crippen LogP contribution in [0.1, 0.15) is 67.1 Å². The van der Waals surface area contributed by atoms with Gasteiger partial charge >= 0.3 is 0 Å². The third-order valence-corrected chi connectivity index (χ3v) is 8.40. The second-order valence-electron chi connectivity index (χ2n) is 8.52. The van der Waals surface area contributed by atoms with Crippen molar-refractivity contribution in [2.75, 3.05) is 0 Å². The zero-order chi connectivity index (χ0) is 19.1. The summed E-state index contributed by atoms with van der Waals surface area (Å²) in [6.07, 6.45) is 7.19. The van der Waals surface area contributed by atoms with Crippen LogP contribution in [0.4, 0.5) is 0 Å². The van der Waals surface area contributed by atoms with Crippen molar-refractivity contribution in [2.24, 2.45) is 5.92 Å². The van der Waals surface area contributed by atoms with E-state index in [1.165, 1.54) is 34.4 Å². The third-order valence-electron chi connectivity index (χ3n) is 6.93. The van der Waals surface area contributed by atoms with E-state index in [4.69, 9.17) is 0 Å². The van der Waals surface area contributed by atoms with Crippen LogP contribution >= 0.6 is 11.8 Å². The first kappa shape index (κ1) is 18.2. The first-order valence-electron chi connectivity index (χ1n) is 10.6. The maximum Gasteiger partial charge on any atom is 0.146 e. The Balaban J connectivity index is 0.000000122. The molecule has 4 atom stereocenters. The van der Waals surface area contributed by atoms with Crippen LogP contribution in [0.25, 0.3) is 0 Å². The van der Waals surface area contributed by atoms with Gasteiger partial charge in [0, 0.05) is 29.6 Å². The lowest BCUT2D eigenvalue weighted by Crippen LogP contribution is -2.25. The van der Waals surface area contributed by atoms with E-state index >= 15 is 0 Å². The fraction of sp³-hybridized carbons (Fsp3) is 0.440. The lowest BCUT2D eigenvalue weighted by atomic mass is 9.79. The molecule has 0 bridgehead atoms. The first-order chi connectivity index (χ1) is 13.7. The molecule has 4 aliphatic rings. The summed E-state index contributed by atoms with van der Waals surface area (Å²) in [5, 5.41) is 0.237. The van der Waals surface area contributed by atoms with Crippen molar-refractivity contribution in [3.8, 4) is 0 Å². The van der Waals surface area contributed by atoms with E-state index in [2.05, 4.69) is 48.5 Å². The molecule has 0 N–H and O–H groups in total. The SMILES string of the molecule is O=C1CCCC2c3ccccc3CC12.O=C1CCCC2c3ccccc3SC12. The summed E-state index contributed by atoms with van der Waals surface area (Å²) < 4.78 is 0. The molecule has 2 fully saturated rings. The third kappa shape index (κ3) is 3.14. The number of thioether (sulfide) groups is 1. The summed E-state index contributed by atoms with van der Waals surface area (Å²) in [6, 6.07) is 17.0. The Kier molecular flexibility index (Phi) is 4.88. The van der Waals surface area contributed by atoms with Crippen molar-refractivity contribution in [2.45, 2.75) is 66.9 Å². The maximum atomic E-state index is 11.7. The van der Waals surface area contributed by atoms with E-state index in [1.807, 2.05) is 0 Å². The monoisotopic (exact) mass is 390 g/mol. The minimum absolute atomic E-state index is 0.237. The second kappa shape index (κ2) is 7.51. The van der Waals surface area contributed by atoms with Gasteiger partial charge in [0.1, 0.15) is 11.6 Å². The molecule has 6 rings (SSSR count). The molecule has 2 nitrogen and oxygen atoms in total. The predicted molar refractivity (Wildman–Crippen MR) is 113 cm³/mol. The van der Waals surface area contributed by atoms with E-state index in [-0.39, 0.29) is 5.25 Å². The molecule has 0 radical (unpaired) electrons. The Morgan fingerprint density at radius 1 is 0.714 bits per heavy atom. The molecule has 144 valence electrons. The van der Waals surface area contributed by atoms with Crippen molar-refractivity contribution in [3.63, 3.8) is 0 Å². The van der Waals surface area contributed by atoms with E-state index in [1.54, 1.807) is 11.8 Å². The molecule has 1 heterocycles. The highest BCUT2D eigenvalue weighted by Gasteiger charge is 2.40.